The predicted molar refractivity (Wildman–Crippen MR) is 86.7 cm³/mol. The molecule has 7 heteroatoms. The number of sulfone groups is 1. The summed E-state index contributed by atoms with van der Waals surface area (Å²) >= 11 is 6.31. The Balaban J connectivity index is 2.06. The Bertz CT molecular complexity index is 592. The highest BCUT2D eigenvalue weighted by molar-refractivity contribution is 7.91. The molecule has 0 spiro atoms. The molecule has 0 aliphatic carbocycles. The molecule has 1 N–H and O–H groups in total. The van der Waals surface area contributed by atoms with Crippen molar-refractivity contribution < 1.29 is 8.42 Å². The van der Waals surface area contributed by atoms with Crippen molar-refractivity contribution in [2.45, 2.75) is 32.4 Å². The minimum Gasteiger partial charge on any atom is -0.354 e. The minimum atomic E-state index is -2.91. The second-order valence-electron chi connectivity index (χ2n) is 5.49. The number of rotatable bonds is 6. The fourth-order valence-electron chi connectivity index (χ4n) is 2.49. The summed E-state index contributed by atoms with van der Waals surface area (Å²) in [5, 5.41) is 3.87. The first-order chi connectivity index (χ1) is 9.93. The molecule has 2 heterocycles. The number of hydrogen-bond acceptors (Lipinski definition) is 5. The Hall–Kier alpha value is -0.850. The van der Waals surface area contributed by atoms with Gasteiger partial charge in [-0.05, 0) is 31.0 Å². The average molecular weight is 332 g/mol. The molecule has 0 saturated carbocycles. The van der Waals surface area contributed by atoms with Crippen LogP contribution in [0, 0.1) is 0 Å². The van der Waals surface area contributed by atoms with Crippen LogP contribution in [0.2, 0.25) is 5.02 Å². The second-order valence-corrected chi connectivity index (χ2v) is 8.13. The van der Waals surface area contributed by atoms with Crippen LogP contribution >= 0.6 is 11.6 Å². The molecule has 1 aromatic heterocycles. The van der Waals surface area contributed by atoms with Gasteiger partial charge in [0.15, 0.2) is 9.84 Å². The quantitative estimate of drug-likeness (QED) is 0.806. The van der Waals surface area contributed by atoms with Gasteiger partial charge in [0.05, 0.1) is 16.5 Å². The number of halogens is 1. The Morgan fingerprint density at radius 3 is 2.86 bits per heavy atom. The van der Waals surface area contributed by atoms with E-state index in [1.807, 2.05) is 18.0 Å². The number of nitrogens with zero attached hydrogens (tertiary/aromatic N) is 2. The summed E-state index contributed by atoms with van der Waals surface area (Å²) in [6.07, 6.45) is 3.51. The molecule has 1 saturated heterocycles. The Labute approximate surface area is 131 Å². The van der Waals surface area contributed by atoms with Crippen LogP contribution in [-0.2, 0) is 16.4 Å². The minimum absolute atomic E-state index is 0.0379. The van der Waals surface area contributed by atoms with Gasteiger partial charge in [0.25, 0.3) is 0 Å². The SMILES string of the molecule is CCCNCc1cnc(N(C)C2CCS(=O)(=O)C2)c(Cl)c1. The number of anilines is 1. The molecule has 1 unspecified atom stereocenters. The first kappa shape index (κ1) is 16.5. The summed E-state index contributed by atoms with van der Waals surface area (Å²) in [5.74, 6) is 1.08. The number of aromatic nitrogens is 1. The van der Waals surface area contributed by atoms with Crippen LogP contribution in [0.4, 0.5) is 5.82 Å². The van der Waals surface area contributed by atoms with Crippen molar-refractivity contribution in [1.29, 1.82) is 0 Å². The van der Waals surface area contributed by atoms with Crippen molar-refractivity contribution in [2.75, 3.05) is 30.0 Å². The van der Waals surface area contributed by atoms with Gasteiger partial charge in [-0.15, -0.1) is 0 Å². The zero-order valence-electron chi connectivity index (χ0n) is 12.5. The summed E-state index contributed by atoms with van der Waals surface area (Å²) in [4.78, 5) is 6.29. The maximum Gasteiger partial charge on any atom is 0.152 e. The Morgan fingerprint density at radius 1 is 1.52 bits per heavy atom. The monoisotopic (exact) mass is 331 g/mol. The Kier molecular flexibility index (Phi) is 5.46. The van der Waals surface area contributed by atoms with Crippen molar-refractivity contribution in [3.8, 4) is 0 Å². The first-order valence-electron chi connectivity index (χ1n) is 7.21. The van der Waals surface area contributed by atoms with Gasteiger partial charge in [-0.1, -0.05) is 18.5 Å². The van der Waals surface area contributed by atoms with Crippen LogP contribution in [0.5, 0.6) is 0 Å². The third-order valence-corrected chi connectivity index (χ3v) is 5.75. The fourth-order valence-corrected chi connectivity index (χ4v) is 4.59. The van der Waals surface area contributed by atoms with Gasteiger partial charge in [-0.3, -0.25) is 0 Å². The van der Waals surface area contributed by atoms with Gasteiger partial charge >= 0.3 is 0 Å². The maximum absolute atomic E-state index is 11.6. The molecule has 1 aromatic rings. The molecule has 0 radical (unpaired) electrons. The molecule has 0 bridgehead atoms. The standard InChI is InChI=1S/C14H22ClN3O2S/c1-3-5-16-8-11-7-13(15)14(17-9-11)18(2)12-4-6-21(19,20)10-12/h7,9,12,16H,3-6,8,10H2,1-2H3. The molecule has 1 atom stereocenters. The van der Waals surface area contributed by atoms with Gasteiger partial charge in [0, 0.05) is 25.8 Å². The molecule has 0 aromatic carbocycles. The van der Waals surface area contributed by atoms with E-state index in [9.17, 15) is 8.42 Å². The summed E-state index contributed by atoms with van der Waals surface area (Å²) in [6.45, 7) is 3.81. The normalized spacial score (nSPS) is 20.6. The van der Waals surface area contributed by atoms with E-state index in [0.717, 1.165) is 25.1 Å². The van der Waals surface area contributed by atoms with Gasteiger partial charge in [0.1, 0.15) is 5.82 Å². The van der Waals surface area contributed by atoms with Gasteiger partial charge in [-0.2, -0.15) is 0 Å². The maximum atomic E-state index is 11.6. The molecule has 0 amide bonds. The molecule has 2 rings (SSSR count). The van der Waals surface area contributed by atoms with E-state index in [1.165, 1.54) is 0 Å². The average Bonchev–Trinajstić information content (AvgIpc) is 2.79. The van der Waals surface area contributed by atoms with Gasteiger partial charge in [0.2, 0.25) is 0 Å². The summed E-state index contributed by atoms with van der Waals surface area (Å²) in [6, 6.07) is 1.86. The zero-order valence-corrected chi connectivity index (χ0v) is 14.0. The van der Waals surface area contributed by atoms with Crippen molar-refractivity contribution in [3.63, 3.8) is 0 Å². The van der Waals surface area contributed by atoms with E-state index in [0.29, 0.717) is 17.3 Å². The van der Waals surface area contributed by atoms with E-state index >= 15 is 0 Å². The van der Waals surface area contributed by atoms with E-state index in [1.54, 1.807) is 6.20 Å². The van der Waals surface area contributed by atoms with Crippen LogP contribution < -0.4 is 10.2 Å². The lowest BCUT2D eigenvalue weighted by Gasteiger charge is -2.25. The molecule has 5 nitrogen and oxygen atoms in total. The lowest BCUT2D eigenvalue weighted by molar-refractivity contribution is 0.600. The predicted octanol–water partition coefficient (Wildman–Crippen LogP) is 1.86. The zero-order chi connectivity index (χ0) is 15.5. The van der Waals surface area contributed by atoms with E-state index < -0.39 is 9.84 Å². The van der Waals surface area contributed by atoms with E-state index in [4.69, 9.17) is 11.6 Å². The highest BCUT2D eigenvalue weighted by atomic mass is 35.5. The highest BCUT2D eigenvalue weighted by Gasteiger charge is 2.31. The number of pyridine rings is 1. The second kappa shape index (κ2) is 6.94. The summed E-state index contributed by atoms with van der Waals surface area (Å²) in [5.41, 5.74) is 1.03. The van der Waals surface area contributed by atoms with Crippen LogP contribution in [0.25, 0.3) is 0 Å². The number of hydrogen-bond donors (Lipinski definition) is 1. The van der Waals surface area contributed by atoms with Gasteiger partial charge in [-0.25, -0.2) is 13.4 Å². The van der Waals surface area contributed by atoms with Crippen LogP contribution in [0.3, 0.4) is 0 Å². The molecule has 1 aliphatic heterocycles. The topological polar surface area (TPSA) is 62.3 Å². The highest BCUT2D eigenvalue weighted by Crippen LogP contribution is 2.28. The van der Waals surface area contributed by atoms with E-state index in [2.05, 4.69) is 17.2 Å². The molecular weight excluding hydrogens is 310 g/mol. The lowest BCUT2D eigenvalue weighted by atomic mass is 10.2. The van der Waals surface area contributed by atoms with Gasteiger partial charge < -0.3 is 10.2 Å². The molecule has 21 heavy (non-hydrogen) atoms. The van der Waals surface area contributed by atoms with Crippen LogP contribution in [-0.4, -0.2) is 44.5 Å². The van der Waals surface area contributed by atoms with Crippen LogP contribution in [0.15, 0.2) is 12.3 Å². The van der Waals surface area contributed by atoms with Crippen molar-refractivity contribution in [1.82, 2.24) is 10.3 Å². The lowest BCUT2D eigenvalue weighted by Crippen LogP contribution is -2.33. The summed E-state index contributed by atoms with van der Waals surface area (Å²) < 4.78 is 23.1. The van der Waals surface area contributed by atoms with Crippen molar-refractivity contribution in [2.24, 2.45) is 0 Å². The first-order valence-corrected chi connectivity index (χ1v) is 9.41. The molecular formula is C14H22ClN3O2S. The fraction of sp³-hybridized carbons (Fsp3) is 0.643. The molecule has 1 aliphatic rings. The van der Waals surface area contributed by atoms with Crippen molar-refractivity contribution in [3.05, 3.63) is 22.8 Å². The van der Waals surface area contributed by atoms with Crippen molar-refractivity contribution >= 4 is 27.3 Å². The Morgan fingerprint density at radius 2 is 2.29 bits per heavy atom. The smallest absolute Gasteiger partial charge is 0.152 e. The molecule has 118 valence electrons. The number of nitrogens with one attached hydrogen (secondary N) is 1. The van der Waals surface area contributed by atoms with E-state index in [-0.39, 0.29) is 17.5 Å². The summed E-state index contributed by atoms with van der Waals surface area (Å²) in [7, 11) is -1.05. The largest absolute Gasteiger partial charge is 0.354 e. The third-order valence-electron chi connectivity index (χ3n) is 3.72. The molecule has 1 fully saturated rings. The third kappa shape index (κ3) is 4.31. The van der Waals surface area contributed by atoms with Crippen LogP contribution in [0.1, 0.15) is 25.3 Å².